The minimum atomic E-state index is -0.127. The second kappa shape index (κ2) is 10.3. The largest absolute Gasteiger partial charge is 0.495 e. The molecule has 0 radical (unpaired) electrons. The van der Waals surface area contributed by atoms with E-state index in [0.29, 0.717) is 17.0 Å². The number of hydrogen-bond donors (Lipinski definition) is 1. The van der Waals surface area contributed by atoms with Crippen LogP contribution in [0.1, 0.15) is 34.3 Å². The summed E-state index contributed by atoms with van der Waals surface area (Å²) in [6, 6.07) is 26.2. The number of anilines is 1. The third-order valence-corrected chi connectivity index (χ3v) is 6.05. The van der Waals surface area contributed by atoms with E-state index in [1.54, 1.807) is 7.11 Å². The molecule has 1 aliphatic heterocycles. The van der Waals surface area contributed by atoms with Crippen LogP contribution in [0.3, 0.4) is 0 Å². The Balaban J connectivity index is 1.27. The number of methoxy groups -OCH3 is 1. The van der Waals surface area contributed by atoms with Crippen LogP contribution < -0.4 is 10.1 Å². The van der Waals surface area contributed by atoms with Crippen molar-refractivity contribution < 1.29 is 9.53 Å². The van der Waals surface area contributed by atoms with Crippen molar-refractivity contribution in [3.05, 3.63) is 95.6 Å². The van der Waals surface area contributed by atoms with Gasteiger partial charge in [0.25, 0.3) is 5.91 Å². The van der Waals surface area contributed by atoms with Crippen LogP contribution in [0.4, 0.5) is 5.69 Å². The molecule has 0 aliphatic carbocycles. The molecular formula is C27H30N2O2. The number of rotatable bonds is 7. The predicted octanol–water partition coefficient (Wildman–Crippen LogP) is 5.40. The molecule has 0 atom stereocenters. The third kappa shape index (κ3) is 5.74. The van der Waals surface area contributed by atoms with Crippen LogP contribution in [0.25, 0.3) is 0 Å². The third-order valence-electron chi connectivity index (χ3n) is 6.05. The second-order valence-electron chi connectivity index (χ2n) is 8.26. The number of nitrogens with one attached hydrogen (secondary N) is 1. The van der Waals surface area contributed by atoms with E-state index >= 15 is 0 Å². The van der Waals surface area contributed by atoms with Gasteiger partial charge in [-0.3, -0.25) is 9.69 Å². The van der Waals surface area contributed by atoms with Crippen LogP contribution in [0.5, 0.6) is 5.75 Å². The molecule has 0 spiro atoms. The average molecular weight is 415 g/mol. The second-order valence-corrected chi connectivity index (χ2v) is 8.26. The molecule has 1 aliphatic rings. The maximum Gasteiger partial charge on any atom is 0.255 e. The Labute approximate surface area is 184 Å². The first-order chi connectivity index (χ1) is 15.2. The molecule has 0 aromatic heterocycles. The van der Waals surface area contributed by atoms with Crippen LogP contribution in [-0.2, 0) is 13.0 Å². The van der Waals surface area contributed by atoms with Crippen LogP contribution in [0, 0.1) is 5.92 Å². The molecule has 0 bridgehead atoms. The summed E-state index contributed by atoms with van der Waals surface area (Å²) in [7, 11) is 1.60. The Kier molecular flexibility index (Phi) is 7.00. The molecule has 160 valence electrons. The lowest BCUT2D eigenvalue weighted by Gasteiger charge is -2.32. The minimum Gasteiger partial charge on any atom is -0.495 e. The minimum absolute atomic E-state index is 0.127. The van der Waals surface area contributed by atoms with Crippen molar-refractivity contribution in [2.45, 2.75) is 25.8 Å². The average Bonchev–Trinajstić information content (AvgIpc) is 2.82. The fraction of sp³-hybridized carbons (Fsp3) is 0.296. The van der Waals surface area contributed by atoms with Crippen LogP contribution >= 0.6 is 0 Å². The zero-order valence-electron chi connectivity index (χ0n) is 18.1. The van der Waals surface area contributed by atoms with Crippen LogP contribution in [-0.4, -0.2) is 31.0 Å². The first-order valence-electron chi connectivity index (χ1n) is 11.0. The Morgan fingerprint density at radius 2 is 1.58 bits per heavy atom. The summed E-state index contributed by atoms with van der Waals surface area (Å²) in [5.41, 5.74) is 4.02. The number of carbonyl (C=O) groups is 1. The molecule has 0 unspecified atom stereocenters. The summed E-state index contributed by atoms with van der Waals surface area (Å²) in [6.07, 6.45) is 3.67. The van der Waals surface area contributed by atoms with E-state index in [1.165, 1.54) is 30.4 Å². The highest BCUT2D eigenvalue weighted by Gasteiger charge is 2.19. The molecule has 1 heterocycles. The van der Waals surface area contributed by atoms with Gasteiger partial charge in [0.05, 0.1) is 12.8 Å². The monoisotopic (exact) mass is 414 g/mol. The van der Waals surface area contributed by atoms with Gasteiger partial charge >= 0.3 is 0 Å². The van der Waals surface area contributed by atoms with E-state index in [0.717, 1.165) is 25.6 Å². The number of carbonyl (C=O) groups excluding carboxylic acids is 1. The number of likely N-dealkylation sites (tertiary alicyclic amines) is 1. The molecule has 4 rings (SSSR count). The van der Waals surface area contributed by atoms with E-state index in [9.17, 15) is 4.79 Å². The van der Waals surface area contributed by atoms with E-state index in [1.807, 2.05) is 36.4 Å². The molecule has 4 heteroatoms. The summed E-state index contributed by atoms with van der Waals surface area (Å²) in [5.74, 6) is 1.31. The van der Waals surface area contributed by atoms with Gasteiger partial charge in [0.1, 0.15) is 5.75 Å². The molecule has 1 amide bonds. The number of piperidine rings is 1. The number of ether oxygens (including phenoxy) is 1. The van der Waals surface area contributed by atoms with Gasteiger partial charge < -0.3 is 10.1 Å². The Bertz CT molecular complexity index is 978. The number of amides is 1. The van der Waals surface area contributed by atoms with Crippen molar-refractivity contribution in [1.82, 2.24) is 4.90 Å². The summed E-state index contributed by atoms with van der Waals surface area (Å²) >= 11 is 0. The standard InChI is InChI=1S/C27H30N2O2/c1-31-26-10-6-5-9-25(26)28-27(30)24-13-11-23(12-14-24)20-29-17-15-22(16-18-29)19-21-7-3-2-4-8-21/h2-14,22H,15-20H2,1H3,(H,28,30). The van der Waals surface area contributed by atoms with Crippen molar-refractivity contribution in [3.8, 4) is 5.75 Å². The molecule has 31 heavy (non-hydrogen) atoms. The number of para-hydroxylation sites is 2. The number of benzene rings is 3. The molecule has 1 saturated heterocycles. The molecule has 4 nitrogen and oxygen atoms in total. The summed E-state index contributed by atoms with van der Waals surface area (Å²) in [6.45, 7) is 3.20. The highest BCUT2D eigenvalue weighted by molar-refractivity contribution is 6.05. The van der Waals surface area contributed by atoms with Gasteiger partial charge in [-0.05, 0) is 73.7 Å². The van der Waals surface area contributed by atoms with Crippen molar-refractivity contribution in [2.24, 2.45) is 5.92 Å². The smallest absolute Gasteiger partial charge is 0.255 e. The lowest BCUT2D eigenvalue weighted by molar-refractivity contribution is 0.102. The highest BCUT2D eigenvalue weighted by Crippen LogP contribution is 2.25. The normalized spacial score (nSPS) is 14.9. The molecule has 1 N–H and O–H groups in total. The Morgan fingerprint density at radius 3 is 2.29 bits per heavy atom. The van der Waals surface area contributed by atoms with Gasteiger partial charge in [-0.15, -0.1) is 0 Å². The zero-order chi connectivity index (χ0) is 21.5. The molecule has 3 aromatic rings. The Morgan fingerprint density at radius 1 is 0.903 bits per heavy atom. The topological polar surface area (TPSA) is 41.6 Å². The highest BCUT2D eigenvalue weighted by atomic mass is 16.5. The fourth-order valence-corrected chi connectivity index (χ4v) is 4.26. The van der Waals surface area contributed by atoms with Gasteiger partial charge in [0, 0.05) is 12.1 Å². The quantitative estimate of drug-likeness (QED) is 0.563. The predicted molar refractivity (Wildman–Crippen MR) is 126 cm³/mol. The van der Waals surface area contributed by atoms with Gasteiger partial charge in [0.2, 0.25) is 0 Å². The lowest BCUT2D eigenvalue weighted by Crippen LogP contribution is -2.33. The summed E-state index contributed by atoms with van der Waals surface area (Å²) in [5, 5.41) is 2.93. The van der Waals surface area contributed by atoms with Gasteiger partial charge in [-0.2, -0.15) is 0 Å². The van der Waals surface area contributed by atoms with E-state index < -0.39 is 0 Å². The van der Waals surface area contributed by atoms with Crippen molar-refractivity contribution in [3.63, 3.8) is 0 Å². The summed E-state index contributed by atoms with van der Waals surface area (Å²) in [4.78, 5) is 15.1. The van der Waals surface area contributed by atoms with E-state index in [4.69, 9.17) is 4.74 Å². The number of hydrogen-bond acceptors (Lipinski definition) is 3. The van der Waals surface area contributed by atoms with Crippen molar-refractivity contribution in [1.29, 1.82) is 0 Å². The van der Waals surface area contributed by atoms with E-state index in [2.05, 4.69) is 52.7 Å². The maximum absolute atomic E-state index is 12.6. The van der Waals surface area contributed by atoms with Crippen molar-refractivity contribution >= 4 is 11.6 Å². The number of nitrogens with zero attached hydrogens (tertiary/aromatic N) is 1. The molecular weight excluding hydrogens is 384 g/mol. The van der Waals surface area contributed by atoms with Crippen LogP contribution in [0.2, 0.25) is 0 Å². The van der Waals surface area contributed by atoms with Crippen LogP contribution in [0.15, 0.2) is 78.9 Å². The molecule has 3 aromatic carbocycles. The summed E-state index contributed by atoms with van der Waals surface area (Å²) < 4.78 is 5.31. The van der Waals surface area contributed by atoms with E-state index in [-0.39, 0.29) is 5.91 Å². The van der Waals surface area contributed by atoms with Gasteiger partial charge in [0.15, 0.2) is 0 Å². The first-order valence-corrected chi connectivity index (χ1v) is 11.0. The Hall–Kier alpha value is -3.11. The maximum atomic E-state index is 12.6. The zero-order valence-corrected chi connectivity index (χ0v) is 18.1. The molecule has 0 saturated carbocycles. The fourth-order valence-electron chi connectivity index (χ4n) is 4.26. The molecule has 1 fully saturated rings. The lowest BCUT2D eigenvalue weighted by atomic mass is 9.90. The first kappa shape index (κ1) is 21.1. The SMILES string of the molecule is COc1ccccc1NC(=O)c1ccc(CN2CCC(Cc3ccccc3)CC2)cc1. The van der Waals surface area contributed by atoms with Gasteiger partial charge in [-0.1, -0.05) is 54.6 Å². The van der Waals surface area contributed by atoms with Gasteiger partial charge in [-0.25, -0.2) is 0 Å². The van der Waals surface area contributed by atoms with Crippen molar-refractivity contribution in [2.75, 3.05) is 25.5 Å².